The molecule has 0 saturated carbocycles. The number of anilines is 2. The molecule has 10 heteroatoms. The van der Waals surface area contributed by atoms with E-state index < -0.39 is 17.2 Å². The Bertz CT molecular complexity index is 1400. The fraction of sp³-hybridized carbons (Fsp3) is 0.208. The van der Waals surface area contributed by atoms with Gasteiger partial charge in [-0.3, -0.25) is 24.0 Å². The minimum absolute atomic E-state index is 0.0606. The van der Waals surface area contributed by atoms with Crippen LogP contribution in [0.15, 0.2) is 68.8 Å². The molecule has 176 valence electrons. The van der Waals surface area contributed by atoms with Gasteiger partial charge in [-0.1, -0.05) is 25.5 Å². The summed E-state index contributed by atoms with van der Waals surface area (Å²) in [5.41, 5.74) is 5.53. The van der Waals surface area contributed by atoms with E-state index in [1.807, 2.05) is 6.92 Å². The third-order valence-electron chi connectivity index (χ3n) is 5.30. The second-order valence-electron chi connectivity index (χ2n) is 7.64. The van der Waals surface area contributed by atoms with Crippen molar-refractivity contribution in [3.8, 4) is 10.4 Å². The molecule has 0 spiro atoms. The van der Waals surface area contributed by atoms with Crippen LogP contribution in [0.3, 0.4) is 0 Å². The fourth-order valence-electron chi connectivity index (χ4n) is 3.54. The van der Waals surface area contributed by atoms with Crippen LogP contribution in [0.2, 0.25) is 0 Å². The number of furan rings is 1. The lowest BCUT2D eigenvalue weighted by Gasteiger charge is -2.23. The molecule has 4 aromatic rings. The number of thiophene rings is 1. The molecule has 8 nitrogen and oxygen atoms in total. The summed E-state index contributed by atoms with van der Waals surface area (Å²) >= 11 is 1.20. The molecule has 0 atom stereocenters. The molecule has 0 aliphatic heterocycles. The number of unbranched alkanes of at least 4 members (excludes halogenated alkanes) is 1. The summed E-state index contributed by atoms with van der Waals surface area (Å²) in [6.07, 6.45) is 2.95. The highest BCUT2D eigenvalue weighted by atomic mass is 32.1. The van der Waals surface area contributed by atoms with Crippen molar-refractivity contribution in [3.05, 3.63) is 92.1 Å². The first kappa shape index (κ1) is 23.2. The number of hydrogen-bond donors (Lipinski definition) is 2. The van der Waals surface area contributed by atoms with Gasteiger partial charge in [-0.2, -0.15) is 0 Å². The molecule has 34 heavy (non-hydrogen) atoms. The number of aromatic amines is 1. The molecule has 3 N–H and O–H groups in total. The number of carbonyl (C=O) groups excluding carboxylic acids is 1. The van der Waals surface area contributed by atoms with Gasteiger partial charge in [0.05, 0.1) is 17.7 Å². The number of halogens is 1. The summed E-state index contributed by atoms with van der Waals surface area (Å²) in [5, 5.41) is 0. The average molecular weight is 483 g/mol. The normalized spacial score (nSPS) is 11.0. The molecular weight excluding hydrogens is 459 g/mol. The van der Waals surface area contributed by atoms with Crippen molar-refractivity contribution < 1.29 is 13.6 Å². The number of amides is 1. The summed E-state index contributed by atoms with van der Waals surface area (Å²) in [6.45, 7) is 2.21. The lowest BCUT2D eigenvalue weighted by atomic mass is 10.2. The van der Waals surface area contributed by atoms with Gasteiger partial charge in [0.2, 0.25) is 0 Å². The van der Waals surface area contributed by atoms with Crippen LogP contribution >= 0.6 is 11.3 Å². The van der Waals surface area contributed by atoms with Gasteiger partial charge in [0.1, 0.15) is 17.4 Å². The molecule has 0 radical (unpaired) electrons. The highest BCUT2D eigenvalue weighted by Crippen LogP contribution is 2.31. The SMILES string of the molecule is CCCCn1c(N)c(N(Cc2ccco2)C(=O)c2ccc(-c3ccc(F)cc3)s2)c(=O)[nH]c1=O. The molecule has 3 aromatic heterocycles. The van der Waals surface area contributed by atoms with Gasteiger partial charge < -0.3 is 10.2 Å². The lowest BCUT2D eigenvalue weighted by Crippen LogP contribution is -2.40. The third-order valence-corrected chi connectivity index (χ3v) is 6.43. The number of rotatable bonds is 8. The molecule has 1 amide bonds. The molecule has 0 fully saturated rings. The fourth-order valence-corrected chi connectivity index (χ4v) is 4.50. The van der Waals surface area contributed by atoms with Crippen molar-refractivity contribution in [2.24, 2.45) is 0 Å². The second kappa shape index (κ2) is 9.92. The number of H-pyrrole nitrogens is 1. The monoisotopic (exact) mass is 482 g/mol. The van der Waals surface area contributed by atoms with E-state index in [1.165, 1.54) is 39.2 Å². The largest absolute Gasteiger partial charge is 0.467 e. The van der Waals surface area contributed by atoms with Gasteiger partial charge in [-0.05, 0) is 48.4 Å². The van der Waals surface area contributed by atoms with Crippen molar-refractivity contribution in [1.29, 1.82) is 0 Å². The van der Waals surface area contributed by atoms with E-state index in [0.717, 1.165) is 16.9 Å². The minimum Gasteiger partial charge on any atom is -0.467 e. The van der Waals surface area contributed by atoms with Crippen LogP contribution in [0.5, 0.6) is 0 Å². The zero-order valence-corrected chi connectivity index (χ0v) is 19.2. The number of aromatic nitrogens is 2. The van der Waals surface area contributed by atoms with Crippen LogP contribution in [0, 0.1) is 5.82 Å². The van der Waals surface area contributed by atoms with E-state index >= 15 is 0 Å². The molecule has 4 rings (SSSR count). The van der Waals surface area contributed by atoms with Gasteiger partial charge in [0.25, 0.3) is 11.5 Å². The molecule has 0 saturated heterocycles. The number of nitrogens with two attached hydrogens (primary N) is 1. The van der Waals surface area contributed by atoms with Crippen LogP contribution in [-0.2, 0) is 13.1 Å². The van der Waals surface area contributed by atoms with Crippen molar-refractivity contribution in [2.45, 2.75) is 32.9 Å². The quantitative estimate of drug-likeness (QED) is 0.390. The van der Waals surface area contributed by atoms with Gasteiger partial charge >= 0.3 is 5.69 Å². The van der Waals surface area contributed by atoms with Crippen LogP contribution in [0.4, 0.5) is 15.9 Å². The summed E-state index contributed by atoms with van der Waals surface area (Å²) in [7, 11) is 0. The molecule has 1 aromatic carbocycles. The second-order valence-corrected chi connectivity index (χ2v) is 8.72. The molecule has 0 aliphatic rings. The summed E-state index contributed by atoms with van der Waals surface area (Å²) in [4.78, 5) is 43.4. The van der Waals surface area contributed by atoms with E-state index in [0.29, 0.717) is 23.6 Å². The van der Waals surface area contributed by atoms with Crippen LogP contribution < -0.4 is 21.9 Å². The summed E-state index contributed by atoms with van der Waals surface area (Å²) < 4.78 is 20.0. The maximum atomic E-state index is 13.6. The Morgan fingerprint density at radius 3 is 2.62 bits per heavy atom. The smallest absolute Gasteiger partial charge is 0.330 e. The Kier molecular flexibility index (Phi) is 6.78. The molecule has 0 unspecified atom stereocenters. The number of hydrogen-bond acceptors (Lipinski definition) is 6. The Morgan fingerprint density at radius 1 is 1.18 bits per heavy atom. The van der Waals surface area contributed by atoms with Gasteiger partial charge in [0, 0.05) is 11.4 Å². The highest BCUT2D eigenvalue weighted by molar-refractivity contribution is 7.17. The predicted octanol–water partition coefficient (Wildman–Crippen LogP) is 4.23. The zero-order valence-electron chi connectivity index (χ0n) is 18.4. The average Bonchev–Trinajstić information content (AvgIpc) is 3.51. The third kappa shape index (κ3) is 4.72. The molecule has 0 bridgehead atoms. The topological polar surface area (TPSA) is 114 Å². The molecule has 0 aliphatic carbocycles. The van der Waals surface area contributed by atoms with Gasteiger partial charge in [-0.25, -0.2) is 9.18 Å². The Balaban J connectivity index is 1.77. The number of carbonyl (C=O) groups is 1. The Morgan fingerprint density at radius 2 is 1.94 bits per heavy atom. The minimum atomic E-state index is -0.759. The maximum absolute atomic E-state index is 13.6. The van der Waals surface area contributed by atoms with Gasteiger partial charge in [-0.15, -0.1) is 11.3 Å². The van der Waals surface area contributed by atoms with Crippen LogP contribution in [-0.4, -0.2) is 15.5 Å². The standard InChI is InChI=1S/C24H23FN4O4S/c1-2-3-12-28-21(26)20(22(30)27-24(28)32)29(14-17-5-4-13-33-17)23(31)19-11-10-18(34-19)15-6-8-16(25)9-7-15/h4-11,13H,2-3,12,14,26H2,1H3,(H,27,30,32). The van der Waals surface area contributed by atoms with Crippen LogP contribution in [0.1, 0.15) is 35.2 Å². The molecular formula is C24H23FN4O4S. The number of benzene rings is 1. The Labute approximate surface area is 198 Å². The number of nitrogens with one attached hydrogen (secondary N) is 1. The van der Waals surface area contributed by atoms with Crippen LogP contribution in [0.25, 0.3) is 10.4 Å². The first-order valence-corrected chi connectivity index (χ1v) is 11.5. The summed E-state index contributed by atoms with van der Waals surface area (Å²) in [6, 6.07) is 12.7. The van der Waals surface area contributed by atoms with E-state index in [-0.39, 0.29) is 23.9 Å². The first-order valence-electron chi connectivity index (χ1n) is 10.7. The van der Waals surface area contributed by atoms with Crippen molar-refractivity contribution in [2.75, 3.05) is 10.6 Å². The van der Waals surface area contributed by atoms with E-state index in [1.54, 1.807) is 36.4 Å². The first-order chi connectivity index (χ1) is 16.4. The maximum Gasteiger partial charge on any atom is 0.330 e. The Hall–Kier alpha value is -3.92. The van der Waals surface area contributed by atoms with Gasteiger partial charge in [0.15, 0.2) is 5.69 Å². The molecule has 3 heterocycles. The summed E-state index contributed by atoms with van der Waals surface area (Å²) in [5.74, 6) is -0.479. The zero-order chi connectivity index (χ0) is 24.2. The predicted molar refractivity (Wildman–Crippen MR) is 130 cm³/mol. The van der Waals surface area contributed by atoms with E-state index in [4.69, 9.17) is 10.2 Å². The van der Waals surface area contributed by atoms with Crippen molar-refractivity contribution in [1.82, 2.24) is 9.55 Å². The number of nitrogen functional groups attached to an aromatic ring is 1. The van der Waals surface area contributed by atoms with Crippen molar-refractivity contribution in [3.63, 3.8) is 0 Å². The van der Waals surface area contributed by atoms with Crippen molar-refractivity contribution >= 4 is 28.7 Å². The van der Waals surface area contributed by atoms with E-state index in [2.05, 4.69) is 4.98 Å². The highest BCUT2D eigenvalue weighted by Gasteiger charge is 2.27. The lowest BCUT2D eigenvalue weighted by molar-refractivity contribution is 0.0986. The van der Waals surface area contributed by atoms with E-state index in [9.17, 15) is 18.8 Å². The number of nitrogens with zero attached hydrogens (tertiary/aromatic N) is 2.